The second-order valence-corrected chi connectivity index (χ2v) is 7.45. The molecule has 21 heavy (non-hydrogen) atoms. The zero-order valence-corrected chi connectivity index (χ0v) is 14.1. The van der Waals surface area contributed by atoms with E-state index in [4.69, 9.17) is 16.3 Å². The van der Waals surface area contributed by atoms with Gasteiger partial charge in [0.25, 0.3) is 0 Å². The molecular weight excluding hydrogens is 310 g/mol. The Hall–Kier alpha value is -0.780. The first-order valence-corrected chi connectivity index (χ1v) is 9.26. The molecule has 0 atom stereocenters. The summed E-state index contributed by atoms with van der Waals surface area (Å²) in [6.07, 6.45) is 3.73. The molecule has 0 amide bonds. The lowest BCUT2D eigenvalue weighted by Gasteiger charge is -2.23. The van der Waals surface area contributed by atoms with Crippen molar-refractivity contribution in [2.45, 2.75) is 49.4 Å². The van der Waals surface area contributed by atoms with Crippen LogP contribution in [-0.2, 0) is 15.9 Å². The van der Waals surface area contributed by atoms with Crippen LogP contribution >= 0.6 is 11.6 Å². The number of halogens is 1. The fourth-order valence-corrected chi connectivity index (χ4v) is 4.41. The predicted octanol–water partition coefficient (Wildman–Crippen LogP) is 3.39. The van der Waals surface area contributed by atoms with Crippen LogP contribution < -0.4 is 4.74 Å². The van der Waals surface area contributed by atoms with Crippen LogP contribution in [0.4, 0.5) is 0 Å². The van der Waals surface area contributed by atoms with Gasteiger partial charge in [0, 0.05) is 18.5 Å². The van der Waals surface area contributed by atoms with Gasteiger partial charge in [0.1, 0.15) is 10.6 Å². The van der Waals surface area contributed by atoms with Gasteiger partial charge in [0.05, 0.1) is 7.11 Å². The molecule has 0 spiro atoms. The fraction of sp³-hybridized carbons (Fsp3) is 0.600. The number of methoxy groups -OCH3 is 1. The highest BCUT2D eigenvalue weighted by Gasteiger charge is 2.38. The van der Waals surface area contributed by atoms with Crippen molar-refractivity contribution in [3.05, 3.63) is 23.8 Å². The Morgan fingerprint density at radius 2 is 2.10 bits per heavy atom. The Morgan fingerprint density at radius 3 is 2.62 bits per heavy atom. The van der Waals surface area contributed by atoms with Crippen molar-refractivity contribution in [3.8, 4) is 5.75 Å². The first kappa shape index (κ1) is 16.6. The number of hydrogen-bond acceptors (Lipinski definition) is 3. The summed E-state index contributed by atoms with van der Waals surface area (Å²) in [5, 5.41) is 0. The molecule has 4 nitrogen and oxygen atoms in total. The number of alkyl halides is 1. The Balaban J connectivity index is 2.40. The van der Waals surface area contributed by atoms with E-state index in [2.05, 4.69) is 6.92 Å². The third-order valence-electron chi connectivity index (χ3n) is 3.66. The van der Waals surface area contributed by atoms with Gasteiger partial charge in [0.2, 0.25) is 10.0 Å². The molecule has 0 aliphatic heterocycles. The minimum absolute atomic E-state index is 0.144. The number of benzene rings is 1. The highest BCUT2D eigenvalue weighted by atomic mass is 35.5. The van der Waals surface area contributed by atoms with E-state index in [1.807, 2.05) is 0 Å². The summed E-state index contributed by atoms with van der Waals surface area (Å²) in [5.41, 5.74) is 0.780. The van der Waals surface area contributed by atoms with Gasteiger partial charge in [-0.3, -0.25) is 0 Å². The van der Waals surface area contributed by atoms with Gasteiger partial charge in [-0.25, -0.2) is 8.42 Å². The van der Waals surface area contributed by atoms with Crippen molar-refractivity contribution in [1.29, 1.82) is 0 Å². The average molecular weight is 332 g/mol. The summed E-state index contributed by atoms with van der Waals surface area (Å²) in [4.78, 5) is 0.228. The zero-order valence-electron chi connectivity index (χ0n) is 12.5. The molecule has 6 heteroatoms. The van der Waals surface area contributed by atoms with Crippen molar-refractivity contribution in [3.63, 3.8) is 0 Å². The molecule has 1 fully saturated rings. The topological polar surface area (TPSA) is 46.6 Å². The van der Waals surface area contributed by atoms with Crippen molar-refractivity contribution in [2.75, 3.05) is 13.7 Å². The third-order valence-corrected chi connectivity index (χ3v) is 5.94. The predicted molar refractivity (Wildman–Crippen MR) is 84.4 cm³/mol. The molecule has 2 rings (SSSR count). The number of nitrogens with zero attached hydrogens (tertiary/aromatic N) is 1. The van der Waals surface area contributed by atoms with Gasteiger partial charge in [0.15, 0.2) is 0 Å². The molecule has 1 saturated carbocycles. The molecule has 118 valence electrons. The Kier molecular flexibility index (Phi) is 5.52. The normalized spacial score (nSPS) is 15.4. The van der Waals surface area contributed by atoms with Gasteiger partial charge in [-0.1, -0.05) is 19.4 Å². The quantitative estimate of drug-likeness (QED) is 0.686. The van der Waals surface area contributed by atoms with Crippen molar-refractivity contribution < 1.29 is 13.2 Å². The summed E-state index contributed by atoms with van der Waals surface area (Å²) in [7, 11) is -2.05. The van der Waals surface area contributed by atoms with Crippen LogP contribution in [0.2, 0.25) is 0 Å². The summed E-state index contributed by atoms with van der Waals surface area (Å²) in [5.74, 6) is 0.663. The first-order chi connectivity index (χ1) is 10.0. The Labute approximate surface area is 132 Å². The largest absolute Gasteiger partial charge is 0.495 e. The second-order valence-electron chi connectivity index (χ2n) is 5.32. The van der Waals surface area contributed by atoms with Crippen molar-refractivity contribution >= 4 is 21.6 Å². The van der Waals surface area contributed by atoms with E-state index >= 15 is 0 Å². The fourth-order valence-electron chi connectivity index (χ4n) is 2.31. The molecule has 0 radical (unpaired) electrons. The van der Waals surface area contributed by atoms with Crippen LogP contribution in [0.15, 0.2) is 23.1 Å². The van der Waals surface area contributed by atoms with Crippen molar-refractivity contribution in [1.82, 2.24) is 4.31 Å². The lowest BCUT2D eigenvalue weighted by atomic mass is 10.2. The second kappa shape index (κ2) is 6.99. The average Bonchev–Trinajstić information content (AvgIpc) is 3.31. The summed E-state index contributed by atoms with van der Waals surface area (Å²) < 4.78 is 32.8. The molecule has 0 N–H and O–H groups in total. The van der Waals surface area contributed by atoms with Gasteiger partial charge < -0.3 is 4.74 Å². The van der Waals surface area contributed by atoms with Crippen molar-refractivity contribution in [2.24, 2.45) is 0 Å². The summed E-state index contributed by atoms with van der Waals surface area (Å²) >= 11 is 5.83. The molecule has 0 aromatic heterocycles. The number of sulfonamides is 1. The summed E-state index contributed by atoms with van der Waals surface area (Å²) in [6.45, 7) is 2.63. The maximum Gasteiger partial charge on any atom is 0.247 e. The van der Waals surface area contributed by atoms with E-state index in [1.54, 1.807) is 22.5 Å². The first-order valence-electron chi connectivity index (χ1n) is 7.29. The van der Waals surface area contributed by atoms with Crippen LogP contribution in [0.25, 0.3) is 0 Å². The minimum Gasteiger partial charge on any atom is -0.495 e. The molecule has 0 heterocycles. The lowest BCUT2D eigenvalue weighted by Crippen LogP contribution is -2.34. The van der Waals surface area contributed by atoms with Crippen LogP contribution in [0, 0.1) is 0 Å². The Bertz CT molecular complexity index is 585. The molecule has 0 saturated heterocycles. The molecule has 0 unspecified atom stereocenters. The molecule has 1 aromatic carbocycles. The lowest BCUT2D eigenvalue weighted by molar-refractivity contribution is 0.380. The van der Waals surface area contributed by atoms with E-state index in [0.29, 0.717) is 12.3 Å². The molecule has 1 aromatic rings. The maximum absolute atomic E-state index is 13.0. The number of ether oxygens (including phenoxy) is 1. The van der Waals surface area contributed by atoms with Crippen LogP contribution in [0.5, 0.6) is 5.75 Å². The molecule has 0 bridgehead atoms. The summed E-state index contributed by atoms with van der Waals surface area (Å²) in [6, 6.07) is 5.24. The van der Waals surface area contributed by atoms with E-state index in [0.717, 1.165) is 31.2 Å². The highest BCUT2D eigenvalue weighted by Crippen LogP contribution is 2.35. The maximum atomic E-state index is 13.0. The standard InChI is InChI=1S/C15H22ClNO3S/c1-3-4-9-17(13-6-7-13)21(18,19)15-10-12(11-16)5-8-14(15)20-2/h5,8,10,13H,3-4,6-7,9,11H2,1-2H3. The zero-order chi connectivity index (χ0) is 15.5. The number of unbranched alkanes of at least 4 members (excludes halogenated alkanes) is 1. The van der Waals surface area contributed by atoms with Crippen LogP contribution in [-0.4, -0.2) is 32.4 Å². The van der Waals surface area contributed by atoms with Crippen LogP contribution in [0.1, 0.15) is 38.2 Å². The monoisotopic (exact) mass is 331 g/mol. The van der Waals surface area contributed by atoms with Crippen LogP contribution in [0.3, 0.4) is 0 Å². The van der Waals surface area contributed by atoms with E-state index in [9.17, 15) is 8.42 Å². The number of rotatable bonds is 8. The van der Waals surface area contributed by atoms with E-state index in [-0.39, 0.29) is 16.8 Å². The van der Waals surface area contributed by atoms with Gasteiger partial charge >= 0.3 is 0 Å². The molecular formula is C15H22ClNO3S. The van der Waals surface area contributed by atoms with Gasteiger partial charge in [-0.2, -0.15) is 4.31 Å². The molecule has 1 aliphatic carbocycles. The van der Waals surface area contributed by atoms with Gasteiger partial charge in [-0.15, -0.1) is 11.6 Å². The van der Waals surface area contributed by atoms with E-state index < -0.39 is 10.0 Å². The minimum atomic E-state index is -3.54. The smallest absolute Gasteiger partial charge is 0.247 e. The number of hydrogen-bond donors (Lipinski definition) is 0. The van der Waals surface area contributed by atoms with E-state index in [1.165, 1.54) is 7.11 Å². The Morgan fingerprint density at radius 1 is 1.38 bits per heavy atom. The third kappa shape index (κ3) is 3.71. The molecule has 1 aliphatic rings. The SMILES string of the molecule is CCCCN(C1CC1)S(=O)(=O)c1cc(CCl)ccc1OC. The van der Waals surface area contributed by atoms with Gasteiger partial charge in [-0.05, 0) is 37.0 Å². The highest BCUT2D eigenvalue weighted by molar-refractivity contribution is 7.89.